The number of hydrogen-bond donors (Lipinski definition) is 1. The molecule has 0 fully saturated rings. The molecule has 122 valence electrons. The molecule has 1 amide bonds. The van der Waals surface area contributed by atoms with Crippen molar-refractivity contribution in [3.63, 3.8) is 0 Å². The number of carbonyl (C=O) groups excluding carboxylic acids is 1. The molecule has 0 unspecified atom stereocenters. The topological polar surface area (TPSA) is 42.0 Å². The van der Waals surface area contributed by atoms with E-state index < -0.39 is 0 Å². The van der Waals surface area contributed by atoms with E-state index in [-0.39, 0.29) is 17.5 Å². The van der Waals surface area contributed by atoms with Crippen LogP contribution in [-0.2, 0) is 4.79 Å². The van der Waals surface area contributed by atoms with Crippen LogP contribution >= 0.6 is 11.8 Å². The standard InChI is InChI=1S/C19H17FN2OS/c1-12-4-3-5-16-13(2)10-18(22-19(12)16)24-11-17(23)21-15-8-6-14(20)7-9-15/h3-10H,11H2,1-2H3,(H,21,23). The molecule has 0 saturated heterocycles. The molecular weight excluding hydrogens is 323 g/mol. The Labute approximate surface area is 144 Å². The third-order valence-corrected chi connectivity index (χ3v) is 4.62. The molecule has 0 aliphatic rings. The van der Waals surface area contributed by atoms with E-state index in [0.29, 0.717) is 5.69 Å². The molecule has 1 N–H and O–H groups in total. The van der Waals surface area contributed by atoms with Gasteiger partial charge in [-0.15, -0.1) is 0 Å². The summed E-state index contributed by atoms with van der Waals surface area (Å²) in [5, 5.41) is 4.71. The van der Waals surface area contributed by atoms with Gasteiger partial charge in [0.25, 0.3) is 0 Å². The molecule has 3 aromatic rings. The van der Waals surface area contributed by atoms with Gasteiger partial charge in [0.1, 0.15) is 5.82 Å². The minimum Gasteiger partial charge on any atom is -0.325 e. The average molecular weight is 340 g/mol. The van der Waals surface area contributed by atoms with Crippen LogP contribution in [0.4, 0.5) is 10.1 Å². The fourth-order valence-electron chi connectivity index (χ4n) is 2.47. The summed E-state index contributed by atoms with van der Waals surface area (Å²) in [5.41, 5.74) is 3.82. The van der Waals surface area contributed by atoms with Crippen LogP contribution in [0.15, 0.2) is 53.6 Å². The van der Waals surface area contributed by atoms with Crippen LogP contribution in [0.1, 0.15) is 11.1 Å². The lowest BCUT2D eigenvalue weighted by Crippen LogP contribution is -2.14. The number of aromatic nitrogens is 1. The van der Waals surface area contributed by atoms with Crippen LogP contribution in [0.2, 0.25) is 0 Å². The van der Waals surface area contributed by atoms with Gasteiger partial charge in [-0.3, -0.25) is 4.79 Å². The van der Waals surface area contributed by atoms with E-state index in [1.54, 1.807) is 12.1 Å². The van der Waals surface area contributed by atoms with Crippen LogP contribution in [0.25, 0.3) is 10.9 Å². The van der Waals surface area contributed by atoms with Crippen LogP contribution in [-0.4, -0.2) is 16.6 Å². The summed E-state index contributed by atoms with van der Waals surface area (Å²) in [6.07, 6.45) is 0. The third kappa shape index (κ3) is 3.74. The minimum atomic E-state index is -0.325. The fourth-order valence-corrected chi connectivity index (χ4v) is 3.24. The van der Waals surface area contributed by atoms with Crippen LogP contribution < -0.4 is 5.32 Å². The first-order valence-electron chi connectivity index (χ1n) is 7.58. The number of nitrogens with one attached hydrogen (secondary N) is 1. The van der Waals surface area contributed by atoms with Gasteiger partial charge < -0.3 is 5.32 Å². The predicted molar refractivity (Wildman–Crippen MR) is 97.0 cm³/mol. The normalized spacial score (nSPS) is 10.8. The molecule has 1 aromatic heterocycles. The fraction of sp³-hybridized carbons (Fsp3) is 0.158. The predicted octanol–water partition coefficient (Wildman–Crippen LogP) is 4.72. The molecular formula is C19H17FN2OS. The van der Waals surface area contributed by atoms with Gasteiger partial charge in [0.2, 0.25) is 5.91 Å². The van der Waals surface area contributed by atoms with E-state index >= 15 is 0 Å². The molecule has 2 aromatic carbocycles. The summed E-state index contributed by atoms with van der Waals surface area (Å²) in [4.78, 5) is 16.7. The van der Waals surface area contributed by atoms with Crippen molar-refractivity contribution in [2.75, 3.05) is 11.1 Å². The molecule has 0 spiro atoms. The maximum atomic E-state index is 12.9. The summed E-state index contributed by atoms with van der Waals surface area (Å²) in [5.74, 6) is -0.217. The van der Waals surface area contributed by atoms with E-state index in [0.717, 1.165) is 27.1 Å². The number of fused-ring (bicyclic) bond motifs is 1. The number of amides is 1. The Morgan fingerprint density at radius 2 is 1.88 bits per heavy atom. The van der Waals surface area contributed by atoms with E-state index in [4.69, 9.17) is 0 Å². The summed E-state index contributed by atoms with van der Waals surface area (Å²) < 4.78 is 12.9. The maximum Gasteiger partial charge on any atom is 0.234 e. The molecule has 0 aliphatic heterocycles. The first-order chi connectivity index (χ1) is 11.5. The second-order valence-electron chi connectivity index (χ2n) is 5.59. The summed E-state index contributed by atoms with van der Waals surface area (Å²) >= 11 is 1.39. The Kier molecular flexibility index (Phi) is 4.81. The second-order valence-corrected chi connectivity index (χ2v) is 6.59. The molecule has 1 heterocycles. The zero-order chi connectivity index (χ0) is 17.1. The highest BCUT2D eigenvalue weighted by molar-refractivity contribution is 7.99. The zero-order valence-electron chi connectivity index (χ0n) is 13.5. The van der Waals surface area contributed by atoms with Crippen molar-refractivity contribution in [2.24, 2.45) is 0 Å². The van der Waals surface area contributed by atoms with Crippen LogP contribution in [0.5, 0.6) is 0 Å². The summed E-state index contributed by atoms with van der Waals surface area (Å²) in [6, 6.07) is 13.8. The molecule has 5 heteroatoms. The molecule has 3 rings (SSSR count). The van der Waals surface area contributed by atoms with Crippen LogP contribution in [0, 0.1) is 19.7 Å². The van der Waals surface area contributed by atoms with Gasteiger partial charge in [-0.05, 0) is 55.3 Å². The van der Waals surface area contributed by atoms with Crippen molar-refractivity contribution in [3.05, 3.63) is 65.5 Å². The zero-order valence-corrected chi connectivity index (χ0v) is 14.3. The van der Waals surface area contributed by atoms with E-state index in [1.165, 1.54) is 23.9 Å². The Morgan fingerprint density at radius 3 is 2.62 bits per heavy atom. The van der Waals surface area contributed by atoms with E-state index in [2.05, 4.69) is 16.4 Å². The highest BCUT2D eigenvalue weighted by Gasteiger charge is 2.08. The van der Waals surface area contributed by atoms with Crippen LogP contribution in [0.3, 0.4) is 0 Å². The summed E-state index contributed by atoms with van der Waals surface area (Å²) in [7, 11) is 0. The van der Waals surface area contributed by atoms with Gasteiger partial charge in [0.05, 0.1) is 16.3 Å². The van der Waals surface area contributed by atoms with Crippen molar-refractivity contribution in [3.8, 4) is 0 Å². The number of aryl methyl sites for hydroxylation is 2. The van der Waals surface area contributed by atoms with Gasteiger partial charge in [0.15, 0.2) is 0 Å². The highest BCUT2D eigenvalue weighted by Crippen LogP contribution is 2.25. The Hall–Kier alpha value is -2.40. The lowest BCUT2D eigenvalue weighted by molar-refractivity contribution is -0.113. The number of nitrogens with zero attached hydrogens (tertiary/aromatic N) is 1. The molecule has 24 heavy (non-hydrogen) atoms. The smallest absolute Gasteiger partial charge is 0.234 e. The van der Waals surface area contributed by atoms with Gasteiger partial charge in [-0.2, -0.15) is 0 Å². The molecule has 0 aliphatic carbocycles. The number of carbonyl (C=O) groups is 1. The average Bonchev–Trinajstić information content (AvgIpc) is 2.56. The van der Waals surface area contributed by atoms with Crippen molar-refractivity contribution in [1.82, 2.24) is 4.98 Å². The number of thioether (sulfide) groups is 1. The first-order valence-corrected chi connectivity index (χ1v) is 8.57. The monoisotopic (exact) mass is 340 g/mol. The molecule has 3 nitrogen and oxygen atoms in total. The SMILES string of the molecule is Cc1cc(SCC(=O)Nc2ccc(F)cc2)nc2c(C)cccc12. The van der Waals surface area contributed by atoms with Crippen molar-refractivity contribution < 1.29 is 9.18 Å². The number of hydrogen-bond acceptors (Lipinski definition) is 3. The highest BCUT2D eigenvalue weighted by atomic mass is 32.2. The Bertz CT molecular complexity index is 894. The number of benzene rings is 2. The van der Waals surface area contributed by atoms with Gasteiger partial charge in [0, 0.05) is 11.1 Å². The number of pyridine rings is 1. The first kappa shape index (κ1) is 16.5. The van der Waals surface area contributed by atoms with Crippen molar-refractivity contribution in [2.45, 2.75) is 18.9 Å². The lowest BCUT2D eigenvalue weighted by atomic mass is 10.1. The molecule has 0 bridgehead atoms. The Balaban J connectivity index is 1.70. The van der Waals surface area contributed by atoms with Gasteiger partial charge in [-0.1, -0.05) is 30.0 Å². The molecule has 0 radical (unpaired) electrons. The largest absolute Gasteiger partial charge is 0.325 e. The minimum absolute atomic E-state index is 0.143. The molecule has 0 atom stereocenters. The number of para-hydroxylation sites is 1. The number of halogens is 1. The maximum absolute atomic E-state index is 12.9. The van der Waals surface area contributed by atoms with E-state index in [1.807, 2.05) is 32.0 Å². The number of anilines is 1. The summed E-state index contributed by atoms with van der Waals surface area (Å²) in [6.45, 7) is 4.08. The van der Waals surface area contributed by atoms with Gasteiger partial charge in [-0.25, -0.2) is 9.37 Å². The quantitative estimate of drug-likeness (QED) is 0.699. The van der Waals surface area contributed by atoms with E-state index in [9.17, 15) is 9.18 Å². The second kappa shape index (κ2) is 7.01. The van der Waals surface area contributed by atoms with Crippen molar-refractivity contribution >= 4 is 34.3 Å². The lowest BCUT2D eigenvalue weighted by Gasteiger charge is -2.08. The number of rotatable bonds is 4. The van der Waals surface area contributed by atoms with Gasteiger partial charge >= 0.3 is 0 Å². The third-order valence-electron chi connectivity index (χ3n) is 3.70. The Morgan fingerprint density at radius 1 is 1.12 bits per heavy atom. The molecule has 0 saturated carbocycles. The van der Waals surface area contributed by atoms with Crippen molar-refractivity contribution in [1.29, 1.82) is 0 Å².